The number of aliphatic imine (C=N–C) groups is 1. The van der Waals surface area contributed by atoms with Crippen LogP contribution in [0.4, 0.5) is 0 Å². The molecule has 24 heavy (non-hydrogen) atoms. The Hall–Kier alpha value is -0.0800. The van der Waals surface area contributed by atoms with E-state index in [-0.39, 0.29) is 24.0 Å². The Morgan fingerprint density at radius 1 is 1.12 bits per heavy atom. The van der Waals surface area contributed by atoms with Gasteiger partial charge in [0.05, 0.1) is 0 Å². The van der Waals surface area contributed by atoms with Gasteiger partial charge in [-0.15, -0.1) is 24.0 Å². The number of guanidine groups is 1. The second-order valence-corrected chi connectivity index (χ2v) is 6.72. The van der Waals surface area contributed by atoms with Crippen LogP contribution >= 0.6 is 24.0 Å². The van der Waals surface area contributed by atoms with Crippen molar-refractivity contribution in [1.82, 2.24) is 10.6 Å². The van der Waals surface area contributed by atoms with Crippen LogP contribution in [0.2, 0.25) is 0 Å². The lowest BCUT2D eigenvalue weighted by Crippen LogP contribution is -2.44. The van der Waals surface area contributed by atoms with Crippen molar-refractivity contribution in [2.24, 2.45) is 10.9 Å². The van der Waals surface area contributed by atoms with E-state index in [0.717, 1.165) is 64.7 Å². The van der Waals surface area contributed by atoms with Gasteiger partial charge in [-0.05, 0) is 44.9 Å². The Morgan fingerprint density at radius 3 is 2.58 bits per heavy atom. The summed E-state index contributed by atoms with van der Waals surface area (Å²) in [4.78, 5) is 4.69. The molecule has 0 amide bonds. The third kappa shape index (κ3) is 9.42. The molecule has 1 aliphatic heterocycles. The van der Waals surface area contributed by atoms with Gasteiger partial charge in [0.25, 0.3) is 0 Å². The quantitative estimate of drug-likeness (QED) is 0.256. The van der Waals surface area contributed by atoms with E-state index in [1.165, 1.54) is 32.1 Å². The van der Waals surface area contributed by atoms with E-state index < -0.39 is 0 Å². The first-order valence-corrected chi connectivity index (χ1v) is 9.59. The zero-order valence-electron chi connectivity index (χ0n) is 15.2. The summed E-state index contributed by atoms with van der Waals surface area (Å²) in [6, 6.07) is 0.603. The molecule has 0 radical (unpaired) electrons. The molecule has 1 saturated heterocycles. The number of hydrogen-bond donors (Lipinski definition) is 2. The van der Waals surface area contributed by atoms with E-state index >= 15 is 0 Å². The first-order valence-electron chi connectivity index (χ1n) is 9.59. The molecule has 1 heterocycles. The van der Waals surface area contributed by atoms with Crippen molar-refractivity contribution >= 4 is 29.9 Å². The fourth-order valence-electron chi connectivity index (χ4n) is 3.28. The summed E-state index contributed by atoms with van der Waals surface area (Å²) < 4.78 is 11.2. The summed E-state index contributed by atoms with van der Waals surface area (Å²) in [7, 11) is 0. The Morgan fingerprint density at radius 2 is 1.88 bits per heavy atom. The standard InChI is InChI=1S/C18H35N3O2.HI/c1-2-19-18(21-17-7-4-3-5-8-17)20-11-6-12-23-15-16-9-13-22-14-10-16;/h16-17H,2-15H2,1H3,(H2,19,20,21);1H. The van der Waals surface area contributed by atoms with Crippen LogP contribution in [0.1, 0.15) is 58.3 Å². The van der Waals surface area contributed by atoms with Crippen molar-refractivity contribution < 1.29 is 9.47 Å². The summed E-state index contributed by atoms with van der Waals surface area (Å²) in [6.07, 6.45) is 9.91. The number of halogens is 1. The van der Waals surface area contributed by atoms with Crippen LogP contribution in [-0.4, -0.2) is 51.5 Å². The fourth-order valence-corrected chi connectivity index (χ4v) is 3.28. The molecule has 5 nitrogen and oxygen atoms in total. The van der Waals surface area contributed by atoms with E-state index in [1.807, 2.05) is 0 Å². The maximum absolute atomic E-state index is 5.80. The van der Waals surface area contributed by atoms with Gasteiger partial charge < -0.3 is 20.1 Å². The fraction of sp³-hybridized carbons (Fsp3) is 0.944. The maximum atomic E-state index is 5.80. The van der Waals surface area contributed by atoms with Crippen molar-refractivity contribution in [1.29, 1.82) is 0 Å². The van der Waals surface area contributed by atoms with Gasteiger partial charge in [0.1, 0.15) is 0 Å². The smallest absolute Gasteiger partial charge is 0.191 e. The minimum atomic E-state index is 0. The summed E-state index contributed by atoms with van der Waals surface area (Å²) in [5.74, 6) is 1.67. The minimum Gasteiger partial charge on any atom is -0.381 e. The average molecular weight is 453 g/mol. The van der Waals surface area contributed by atoms with Crippen molar-refractivity contribution in [2.75, 3.05) is 39.5 Å². The van der Waals surface area contributed by atoms with Crippen molar-refractivity contribution in [3.63, 3.8) is 0 Å². The van der Waals surface area contributed by atoms with Crippen molar-refractivity contribution in [3.8, 4) is 0 Å². The maximum Gasteiger partial charge on any atom is 0.191 e. The molecular formula is C18H36IN3O2. The lowest BCUT2D eigenvalue weighted by molar-refractivity contribution is 0.0205. The largest absolute Gasteiger partial charge is 0.381 e. The van der Waals surface area contributed by atoms with Crippen LogP contribution in [0.25, 0.3) is 0 Å². The molecule has 0 aromatic carbocycles. The third-order valence-corrected chi connectivity index (χ3v) is 4.70. The molecule has 1 saturated carbocycles. The zero-order chi connectivity index (χ0) is 16.2. The molecule has 1 aliphatic carbocycles. The highest BCUT2D eigenvalue weighted by molar-refractivity contribution is 14.0. The van der Waals surface area contributed by atoms with Gasteiger partial charge in [-0.25, -0.2) is 0 Å². The molecule has 2 aliphatic rings. The number of rotatable bonds is 8. The van der Waals surface area contributed by atoms with E-state index in [0.29, 0.717) is 12.0 Å². The van der Waals surface area contributed by atoms with E-state index in [1.54, 1.807) is 0 Å². The van der Waals surface area contributed by atoms with Crippen LogP contribution in [0.15, 0.2) is 4.99 Å². The molecular weight excluding hydrogens is 417 g/mol. The number of nitrogens with one attached hydrogen (secondary N) is 2. The summed E-state index contributed by atoms with van der Waals surface area (Å²) in [6.45, 7) is 7.36. The monoisotopic (exact) mass is 453 g/mol. The Balaban J connectivity index is 0.00000288. The van der Waals surface area contributed by atoms with E-state index in [2.05, 4.69) is 22.5 Å². The highest BCUT2D eigenvalue weighted by Gasteiger charge is 2.14. The SMILES string of the molecule is CCNC(=NCCCOCC1CCOCC1)NC1CCCCC1.I. The molecule has 0 spiro atoms. The lowest BCUT2D eigenvalue weighted by Gasteiger charge is -2.25. The molecule has 2 rings (SSSR count). The summed E-state index contributed by atoms with van der Waals surface area (Å²) in [5.41, 5.74) is 0. The highest BCUT2D eigenvalue weighted by Crippen LogP contribution is 2.17. The van der Waals surface area contributed by atoms with E-state index in [9.17, 15) is 0 Å². The summed E-state index contributed by atoms with van der Waals surface area (Å²) >= 11 is 0. The molecule has 142 valence electrons. The van der Waals surface area contributed by atoms with Gasteiger partial charge in [0.15, 0.2) is 5.96 Å². The van der Waals surface area contributed by atoms with Gasteiger partial charge in [0.2, 0.25) is 0 Å². The molecule has 6 heteroatoms. The van der Waals surface area contributed by atoms with Crippen molar-refractivity contribution in [3.05, 3.63) is 0 Å². The molecule has 0 aromatic heterocycles. The van der Waals surface area contributed by atoms with Gasteiger partial charge in [0, 0.05) is 45.6 Å². The first kappa shape index (κ1) is 22.0. The second kappa shape index (κ2) is 14.1. The topological polar surface area (TPSA) is 54.9 Å². The van der Waals surface area contributed by atoms with Gasteiger partial charge in [-0.1, -0.05) is 19.3 Å². The predicted molar refractivity (Wildman–Crippen MR) is 110 cm³/mol. The molecule has 2 fully saturated rings. The number of ether oxygens (including phenoxy) is 2. The van der Waals surface area contributed by atoms with Crippen LogP contribution in [-0.2, 0) is 9.47 Å². The van der Waals surface area contributed by atoms with Crippen molar-refractivity contribution in [2.45, 2.75) is 64.3 Å². The van der Waals surface area contributed by atoms with Crippen LogP contribution < -0.4 is 10.6 Å². The number of hydrogen-bond acceptors (Lipinski definition) is 3. The first-order chi connectivity index (χ1) is 11.4. The van der Waals surface area contributed by atoms with Crippen LogP contribution in [0, 0.1) is 5.92 Å². The minimum absolute atomic E-state index is 0. The Labute approximate surface area is 164 Å². The molecule has 0 atom stereocenters. The normalized spacial score (nSPS) is 20.5. The average Bonchev–Trinajstić information content (AvgIpc) is 2.60. The molecule has 2 N–H and O–H groups in total. The molecule has 0 bridgehead atoms. The van der Waals surface area contributed by atoms with Gasteiger partial charge >= 0.3 is 0 Å². The summed E-state index contributed by atoms with van der Waals surface area (Å²) in [5, 5.41) is 6.94. The Kier molecular flexibility index (Phi) is 12.9. The predicted octanol–water partition coefficient (Wildman–Crippen LogP) is 3.33. The van der Waals surface area contributed by atoms with Gasteiger partial charge in [-0.3, -0.25) is 4.99 Å². The second-order valence-electron chi connectivity index (χ2n) is 6.72. The molecule has 0 unspecified atom stereocenters. The van der Waals surface area contributed by atoms with Crippen LogP contribution in [0.3, 0.4) is 0 Å². The molecule has 0 aromatic rings. The van der Waals surface area contributed by atoms with E-state index in [4.69, 9.17) is 9.47 Å². The third-order valence-electron chi connectivity index (χ3n) is 4.70. The zero-order valence-corrected chi connectivity index (χ0v) is 17.6. The Bertz CT molecular complexity index is 330. The highest BCUT2D eigenvalue weighted by atomic mass is 127. The van der Waals surface area contributed by atoms with Crippen LogP contribution in [0.5, 0.6) is 0 Å². The van der Waals surface area contributed by atoms with Gasteiger partial charge in [-0.2, -0.15) is 0 Å². The number of nitrogens with zero attached hydrogens (tertiary/aromatic N) is 1. The lowest BCUT2D eigenvalue weighted by atomic mass is 9.96.